The monoisotopic (exact) mass is 244 g/mol. The summed E-state index contributed by atoms with van der Waals surface area (Å²) in [5, 5.41) is 11.8. The van der Waals surface area contributed by atoms with Gasteiger partial charge in [-0.25, -0.2) is 0 Å². The Hall–Kier alpha value is -1.26. The van der Waals surface area contributed by atoms with Gasteiger partial charge in [-0.2, -0.15) is 0 Å². The predicted molar refractivity (Wildman–Crippen MR) is 66.9 cm³/mol. The summed E-state index contributed by atoms with van der Waals surface area (Å²) in [7, 11) is 0. The van der Waals surface area contributed by atoms with Crippen molar-refractivity contribution in [1.82, 2.24) is 0 Å². The summed E-state index contributed by atoms with van der Waals surface area (Å²) in [6.45, 7) is 1.87. The highest BCUT2D eigenvalue weighted by molar-refractivity contribution is 5.90. The zero-order valence-corrected chi connectivity index (χ0v) is 9.96. The van der Waals surface area contributed by atoms with Gasteiger partial charge in [-0.1, -0.05) is 0 Å². The van der Waals surface area contributed by atoms with Crippen LogP contribution in [0.3, 0.4) is 0 Å². The molecule has 0 aliphatic heterocycles. The largest absolute Gasteiger partial charge is 0.508 e. The van der Waals surface area contributed by atoms with Crippen LogP contribution < -0.4 is 11.1 Å². The van der Waals surface area contributed by atoms with E-state index in [1.165, 1.54) is 12.1 Å². The number of nitrogens with one attached hydrogen (secondary N) is 1. The van der Waals surface area contributed by atoms with E-state index in [0.717, 1.165) is 0 Å². The number of phenolic OH excluding ortho intramolecular Hbond substituents is 1. The van der Waals surface area contributed by atoms with Gasteiger partial charge in [0.15, 0.2) is 0 Å². The van der Waals surface area contributed by atoms with Gasteiger partial charge in [-0.05, 0) is 37.6 Å². The number of halogens is 1. The van der Waals surface area contributed by atoms with Crippen LogP contribution in [-0.4, -0.2) is 17.1 Å². The molecular weight excluding hydrogens is 228 g/mol. The molecule has 0 saturated heterocycles. The Morgan fingerprint density at radius 1 is 1.44 bits per heavy atom. The highest BCUT2D eigenvalue weighted by Crippen LogP contribution is 2.13. The summed E-state index contributed by atoms with van der Waals surface area (Å²) in [5.74, 6) is 0.126. The van der Waals surface area contributed by atoms with E-state index >= 15 is 0 Å². The summed E-state index contributed by atoms with van der Waals surface area (Å²) >= 11 is 0. The second-order valence-electron chi connectivity index (χ2n) is 3.61. The summed E-state index contributed by atoms with van der Waals surface area (Å²) in [4.78, 5) is 11.4. The second kappa shape index (κ2) is 7.09. The van der Waals surface area contributed by atoms with Gasteiger partial charge in [0.25, 0.3) is 0 Å². The fourth-order valence-corrected chi connectivity index (χ4v) is 1.13. The lowest BCUT2D eigenvalue weighted by Crippen LogP contribution is -2.19. The first-order valence-electron chi connectivity index (χ1n) is 4.92. The lowest BCUT2D eigenvalue weighted by molar-refractivity contribution is -0.116. The van der Waals surface area contributed by atoms with E-state index in [9.17, 15) is 4.79 Å². The Bertz CT molecular complexity index is 325. The third kappa shape index (κ3) is 5.58. The smallest absolute Gasteiger partial charge is 0.224 e. The minimum Gasteiger partial charge on any atom is -0.508 e. The Kier molecular flexibility index (Phi) is 6.53. The molecule has 0 spiro atoms. The lowest BCUT2D eigenvalue weighted by Gasteiger charge is -2.06. The zero-order valence-electron chi connectivity index (χ0n) is 9.14. The molecule has 4 N–H and O–H groups in total. The predicted octanol–water partition coefficient (Wildman–Crippen LogP) is 1.88. The standard InChI is InChI=1S/C11H16N2O2.ClH/c1-8(12)2-7-11(15)13-9-3-5-10(14)6-4-9;/h3-6,8,14H,2,7,12H2,1H3,(H,13,15);1H. The number of aromatic hydroxyl groups is 1. The molecule has 1 rings (SSSR count). The van der Waals surface area contributed by atoms with Crippen molar-refractivity contribution in [2.24, 2.45) is 5.73 Å². The highest BCUT2D eigenvalue weighted by Gasteiger charge is 2.03. The Balaban J connectivity index is 0.00000225. The first kappa shape index (κ1) is 14.7. The molecule has 1 amide bonds. The van der Waals surface area contributed by atoms with Gasteiger partial charge in [0, 0.05) is 18.2 Å². The van der Waals surface area contributed by atoms with E-state index in [-0.39, 0.29) is 30.1 Å². The van der Waals surface area contributed by atoms with Gasteiger partial charge in [0.1, 0.15) is 5.75 Å². The molecule has 1 atom stereocenters. The van der Waals surface area contributed by atoms with Gasteiger partial charge in [0.2, 0.25) is 5.91 Å². The molecule has 1 unspecified atom stereocenters. The highest BCUT2D eigenvalue weighted by atomic mass is 35.5. The molecule has 0 bridgehead atoms. The van der Waals surface area contributed by atoms with E-state index < -0.39 is 0 Å². The fourth-order valence-electron chi connectivity index (χ4n) is 1.13. The number of carbonyl (C=O) groups excluding carboxylic acids is 1. The summed E-state index contributed by atoms with van der Waals surface area (Å²) in [6, 6.07) is 6.40. The van der Waals surface area contributed by atoms with Crippen molar-refractivity contribution in [1.29, 1.82) is 0 Å². The number of hydrogen-bond donors (Lipinski definition) is 3. The van der Waals surface area contributed by atoms with Crippen molar-refractivity contribution >= 4 is 24.0 Å². The molecular formula is C11H17ClN2O2. The quantitative estimate of drug-likeness (QED) is 0.708. The third-order valence-electron chi connectivity index (χ3n) is 1.98. The summed E-state index contributed by atoms with van der Waals surface area (Å²) < 4.78 is 0. The minimum absolute atomic E-state index is 0. The zero-order chi connectivity index (χ0) is 11.3. The van der Waals surface area contributed by atoms with Crippen LogP contribution in [0.1, 0.15) is 19.8 Å². The van der Waals surface area contributed by atoms with Crippen LogP contribution in [0.5, 0.6) is 5.75 Å². The van der Waals surface area contributed by atoms with Gasteiger partial charge in [0.05, 0.1) is 0 Å². The summed E-state index contributed by atoms with van der Waals surface area (Å²) in [5.41, 5.74) is 6.22. The number of hydrogen-bond acceptors (Lipinski definition) is 3. The van der Waals surface area contributed by atoms with Crippen LogP contribution in [0.4, 0.5) is 5.69 Å². The number of amides is 1. The molecule has 0 fully saturated rings. The van der Waals surface area contributed by atoms with E-state index in [1.807, 2.05) is 6.92 Å². The van der Waals surface area contributed by atoms with Gasteiger partial charge < -0.3 is 16.2 Å². The van der Waals surface area contributed by atoms with E-state index in [0.29, 0.717) is 18.5 Å². The van der Waals surface area contributed by atoms with Crippen molar-refractivity contribution < 1.29 is 9.90 Å². The molecule has 0 radical (unpaired) electrons. The number of nitrogens with two attached hydrogens (primary N) is 1. The van der Waals surface area contributed by atoms with Gasteiger partial charge in [-0.15, -0.1) is 12.4 Å². The Morgan fingerprint density at radius 2 is 2.00 bits per heavy atom. The van der Waals surface area contributed by atoms with Crippen molar-refractivity contribution in [2.75, 3.05) is 5.32 Å². The molecule has 0 aliphatic carbocycles. The van der Waals surface area contributed by atoms with Gasteiger partial charge in [-0.3, -0.25) is 4.79 Å². The number of phenols is 1. The second-order valence-corrected chi connectivity index (χ2v) is 3.61. The van der Waals surface area contributed by atoms with Crippen molar-refractivity contribution in [3.05, 3.63) is 24.3 Å². The SMILES string of the molecule is CC(N)CCC(=O)Nc1ccc(O)cc1.Cl. The first-order valence-corrected chi connectivity index (χ1v) is 4.92. The molecule has 5 heteroatoms. The normalized spacial score (nSPS) is 11.4. The maximum atomic E-state index is 11.4. The lowest BCUT2D eigenvalue weighted by atomic mass is 10.2. The van der Waals surface area contributed by atoms with E-state index in [1.54, 1.807) is 12.1 Å². The maximum absolute atomic E-state index is 11.4. The molecule has 1 aromatic carbocycles. The number of anilines is 1. The molecule has 0 aromatic heterocycles. The molecule has 16 heavy (non-hydrogen) atoms. The average Bonchev–Trinajstić information content (AvgIpc) is 2.19. The Morgan fingerprint density at radius 3 is 2.50 bits per heavy atom. The summed E-state index contributed by atoms with van der Waals surface area (Å²) in [6.07, 6.45) is 1.09. The van der Waals surface area contributed by atoms with Crippen LogP contribution in [0.15, 0.2) is 24.3 Å². The van der Waals surface area contributed by atoms with Crippen LogP contribution in [0.25, 0.3) is 0 Å². The molecule has 4 nitrogen and oxygen atoms in total. The van der Waals surface area contributed by atoms with Crippen molar-refractivity contribution in [2.45, 2.75) is 25.8 Å². The van der Waals surface area contributed by atoms with E-state index in [2.05, 4.69) is 5.32 Å². The molecule has 0 aliphatic rings. The molecule has 90 valence electrons. The van der Waals surface area contributed by atoms with Crippen molar-refractivity contribution in [3.8, 4) is 5.75 Å². The van der Waals surface area contributed by atoms with Crippen LogP contribution in [-0.2, 0) is 4.79 Å². The third-order valence-corrected chi connectivity index (χ3v) is 1.98. The molecule has 0 saturated carbocycles. The Labute approximate surface area is 101 Å². The van der Waals surface area contributed by atoms with E-state index in [4.69, 9.17) is 10.8 Å². The van der Waals surface area contributed by atoms with Crippen LogP contribution >= 0.6 is 12.4 Å². The van der Waals surface area contributed by atoms with Crippen LogP contribution in [0, 0.1) is 0 Å². The number of carbonyl (C=O) groups is 1. The molecule has 0 heterocycles. The first-order chi connectivity index (χ1) is 7.08. The minimum atomic E-state index is -0.0574. The van der Waals surface area contributed by atoms with Crippen LogP contribution in [0.2, 0.25) is 0 Å². The number of rotatable bonds is 4. The topological polar surface area (TPSA) is 75.4 Å². The van der Waals surface area contributed by atoms with Gasteiger partial charge >= 0.3 is 0 Å². The molecule has 1 aromatic rings. The number of benzene rings is 1. The fraction of sp³-hybridized carbons (Fsp3) is 0.364. The van der Waals surface area contributed by atoms with Crippen molar-refractivity contribution in [3.63, 3.8) is 0 Å². The average molecular weight is 245 g/mol. The maximum Gasteiger partial charge on any atom is 0.224 e.